The molecule has 0 heterocycles. The summed E-state index contributed by atoms with van der Waals surface area (Å²) < 4.78 is 11.3. The van der Waals surface area contributed by atoms with Crippen molar-refractivity contribution >= 4 is 51.3 Å². The lowest BCUT2D eigenvalue weighted by Crippen LogP contribution is -2.18. The lowest BCUT2D eigenvalue weighted by Gasteiger charge is -2.08. The molecule has 0 aliphatic carbocycles. The zero-order valence-corrected chi connectivity index (χ0v) is 18.1. The lowest BCUT2D eigenvalue weighted by atomic mass is 10.2. The number of carbonyl (C=O) groups is 1. The zero-order chi connectivity index (χ0) is 20.5. The summed E-state index contributed by atoms with van der Waals surface area (Å²) in [6.07, 6.45) is 2.21. The lowest BCUT2D eigenvalue weighted by molar-refractivity contribution is -0.121. The van der Waals surface area contributed by atoms with Gasteiger partial charge in [-0.25, -0.2) is 5.43 Å². The highest BCUT2D eigenvalue weighted by Crippen LogP contribution is 2.35. The molecule has 6 nitrogen and oxygen atoms in total. The van der Waals surface area contributed by atoms with E-state index in [1.165, 1.54) is 6.21 Å². The maximum atomic E-state index is 11.8. The fourth-order valence-corrected chi connectivity index (χ4v) is 3.10. The van der Waals surface area contributed by atoms with Crippen LogP contribution in [0.3, 0.4) is 0 Å². The normalized spacial score (nSPS) is 10.9. The first-order valence-corrected chi connectivity index (χ1v) is 10.0. The standard InChI is InChI=1S/C19H19BrCl2N2O4/c1-2-27-17-9-12(8-14(20)19(17)26)11-23-24-18(25)4-3-7-28-16-6-5-13(21)10-15(16)22/h5-6,8-11,26H,2-4,7H2,1H3,(H,24,25). The third kappa shape index (κ3) is 6.89. The van der Waals surface area contributed by atoms with Crippen molar-refractivity contribution in [2.24, 2.45) is 5.10 Å². The summed E-state index contributed by atoms with van der Waals surface area (Å²) in [4.78, 5) is 11.8. The molecule has 2 N–H and O–H groups in total. The van der Waals surface area contributed by atoms with E-state index < -0.39 is 0 Å². The molecule has 0 saturated heterocycles. The van der Waals surface area contributed by atoms with Crippen molar-refractivity contribution in [3.05, 3.63) is 50.4 Å². The Bertz CT molecular complexity index is 862. The van der Waals surface area contributed by atoms with Gasteiger partial charge in [0, 0.05) is 11.4 Å². The van der Waals surface area contributed by atoms with E-state index in [1.807, 2.05) is 6.92 Å². The molecular weight excluding hydrogens is 471 g/mol. The van der Waals surface area contributed by atoms with E-state index in [4.69, 9.17) is 32.7 Å². The molecule has 150 valence electrons. The quantitative estimate of drug-likeness (QED) is 0.289. The number of phenols is 1. The fraction of sp³-hybridized carbons (Fsp3) is 0.263. The molecule has 2 aromatic carbocycles. The number of phenolic OH excluding ortho intramolecular Hbond substituents is 1. The minimum absolute atomic E-state index is 0.0174. The number of hydrogen-bond acceptors (Lipinski definition) is 5. The number of benzene rings is 2. The van der Waals surface area contributed by atoms with Crippen LogP contribution in [0.4, 0.5) is 0 Å². The van der Waals surface area contributed by atoms with Gasteiger partial charge in [-0.15, -0.1) is 0 Å². The number of halogens is 3. The van der Waals surface area contributed by atoms with Crippen LogP contribution in [0.2, 0.25) is 10.0 Å². The van der Waals surface area contributed by atoms with Crippen LogP contribution in [-0.2, 0) is 4.79 Å². The highest BCUT2D eigenvalue weighted by atomic mass is 79.9. The summed E-state index contributed by atoms with van der Waals surface area (Å²) >= 11 is 15.1. The molecule has 2 aromatic rings. The molecule has 0 fully saturated rings. The third-order valence-electron chi connectivity index (χ3n) is 3.45. The number of hydrazone groups is 1. The number of nitrogens with one attached hydrogen (secondary N) is 1. The van der Waals surface area contributed by atoms with E-state index in [0.29, 0.717) is 51.2 Å². The van der Waals surface area contributed by atoms with Gasteiger partial charge in [0.1, 0.15) is 5.75 Å². The highest BCUT2D eigenvalue weighted by molar-refractivity contribution is 9.10. The van der Waals surface area contributed by atoms with Crippen LogP contribution in [0.15, 0.2) is 39.9 Å². The smallest absolute Gasteiger partial charge is 0.240 e. The van der Waals surface area contributed by atoms with Crippen molar-refractivity contribution in [1.82, 2.24) is 5.43 Å². The second-order valence-corrected chi connectivity index (χ2v) is 7.30. The molecule has 0 saturated carbocycles. The molecule has 28 heavy (non-hydrogen) atoms. The number of rotatable bonds is 9. The van der Waals surface area contributed by atoms with Gasteiger partial charge in [0.15, 0.2) is 11.5 Å². The maximum absolute atomic E-state index is 11.8. The zero-order valence-electron chi connectivity index (χ0n) is 15.0. The second-order valence-electron chi connectivity index (χ2n) is 5.60. The Labute approximate surface area is 181 Å². The molecule has 2 rings (SSSR count). The summed E-state index contributed by atoms with van der Waals surface area (Å²) in [6.45, 7) is 2.57. The Morgan fingerprint density at radius 2 is 2.04 bits per heavy atom. The van der Waals surface area contributed by atoms with E-state index in [-0.39, 0.29) is 18.1 Å². The van der Waals surface area contributed by atoms with Crippen LogP contribution in [0.25, 0.3) is 0 Å². The molecule has 0 aliphatic rings. The van der Waals surface area contributed by atoms with E-state index in [0.717, 1.165) is 0 Å². The number of ether oxygens (including phenoxy) is 2. The van der Waals surface area contributed by atoms with Crippen LogP contribution in [0, 0.1) is 0 Å². The summed E-state index contributed by atoms with van der Waals surface area (Å²) in [7, 11) is 0. The molecule has 0 spiro atoms. The van der Waals surface area contributed by atoms with Crippen molar-refractivity contribution in [2.45, 2.75) is 19.8 Å². The third-order valence-corrected chi connectivity index (χ3v) is 4.59. The summed E-state index contributed by atoms with van der Waals surface area (Å²) in [5.41, 5.74) is 3.11. The first-order valence-electron chi connectivity index (χ1n) is 8.45. The van der Waals surface area contributed by atoms with Gasteiger partial charge in [0.25, 0.3) is 0 Å². The van der Waals surface area contributed by atoms with Gasteiger partial charge in [0.05, 0.1) is 28.9 Å². The van der Waals surface area contributed by atoms with Crippen molar-refractivity contribution in [3.8, 4) is 17.2 Å². The Morgan fingerprint density at radius 3 is 2.75 bits per heavy atom. The first-order chi connectivity index (χ1) is 13.4. The Hall–Kier alpha value is -1.96. The van der Waals surface area contributed by atoms with Crippen molar-refractivity contribution in [3.63, 3.8) is 0 Å². The molecule has 0 aliphatic heterocycles. The summed E-state index contributed by atoms with van der Waals surface area (Å²) in [5, 5.41) is 14.8. The average molecular weight is 490 g/mol. The molecular formula is C19H19BrCl2N2O4. The van der Waals surface area contributed by atoms with E-state index in [9.17, 15) is 9.90 Å². The fourth-order valence-electron chi connectivity index (χ4n) is 2.18. The number of amides is 1. The number of aromatic hydroxyl groups is 1. The van der Waals surface area contributed by atoms with E-state index in [2.05, 4.69) is 26.5 Å². The van der Waals surface area contributed by atoms with Crippen LogP contribution in [0.1, 0.15) is 25.3 Å². The van der Waals surface area contributed by atoms with Crippen molar-refractivity contribution < 1.29 is 19.4 Å². The number of hydrogen-bond donors (Lipinski definition) is 2. The number of carbonyl (C=O) groups excluding carboxylic acids is 1. The molecule has 9 heteroatoms. The first kappa shape index (κ1) is 22.3. The molecule has 0 atom stereocenters. The van der Waals surface area contributed by atoms with Gasteiger partial charge < -0.3 is 14.6 Å². The van der Waals surface area contributed by atoms with Gasteiger partial charge in [-0.1, -0.05) is 23.2 Å². The molecule has 0 aromatic heterocycles. The van der Waals surface area contributed by atoms with E-state index in [1.54, 1.807) is 30.3 Å². The Balaban J connectivity index is 1.77. The van der Waals surface area contributed by atoms with Crippen LogP contribution < -0.4 is 14.9 Å². The Morgan fingerprint density at radius 1 is 1.25 bits per heavy atom. The van der Waals surface area contributed by atoms with E-state index >= 15 is 0 Å². The SMILES string of the molecule is CCOc1cc(C=NNC(=O)CCCOc2ccc(Cl)cc2Cl)cc(Br)c1O. The largest absolute Gasteiger partial charge is 0.503 e. The minimum atomic E-state index is -0.245. The molecule has 0 bridgehead atoms. The van der Waals surface area contributed by atoms with Gasteiger partial charge in [-0.05, 0) is 65.2 Å². The predicted molar refractivity (Wildman–Crippen MR) is 114 cm³/mol. The summed E-state index contributed by atoms with van der Waals surface area (Å²) in [5.74, 6) is 0.629. The highest BCUT2D eigenvalue weighted by Gasteiger charge is 2.08. The molecule has 0 radical (unpaired) electrons. The van der Waals surface area contributed by atoms with Gasteiger partial charge in [-0.3, -0.25) is 4.79 Å². The van der Waals surface area contributed by atoms with Crippen molar-refractivity contribution in [2.75, 3.05) is 13.2 Å². The maximum Gasteiger partial charge on any atom is 0.240 e. The average Bonchev–Trinajstić information content (AvgIpc) is 2.64. The molecule has 1 amide bonds. The topological polar surface area (TPSA) is 80.2 Å². The van der Waals surface area contributed by atoms with Crippen LogP contribution in [-0.4, -0.2) is 30.4 Å². The van der Waals surface area contributed by atoms with Gasteiger partial charge in [-0.2, -0.15) is 5.10 Å². The molecule has 0 unspecified atom stereocenters. The minimum Gasteiger partial charge on any atom is -0.503 e. The van der Waals surface area contributed by atoms with Gasteiger partial charge >= 0.3 is 0 Å². The number of nitrogens with zero attached hydrogens (tertiary/aromatic N) is 1. The second kappa shape index (κ2) is 11.1. The monoisotopic (exact) mass is 488 g/mol. The Kier molecular flexibility index (Phi) is 8.89. The van der Waals surface area contributed by atoms with Crippen LogP contribution in [0.5, 0.6) is 17.2 Å². The summed E-state index contributed by atoms with van der Waals surface area (Å²) in [6, 6.07) is 8.25. The predicted octanol–water partition coefficient (Wildman–Crippen LogP) is 5.17. The van der Waals surface area contributed by atoms with Crippen molar-refractivity contribution in [1.29, 1.82) is 0 Å². The van der Waals surface area contributed by atoms with Crippen LogP contribution >= 0.6 is 39.1 Å². The van der Waals surface area contributed by atoms with Gasteiger partial charge in [0.2, 0.25) is 5.91 Å².